The zero-order valence-corrected chi connectivity index (χ0v) is 21.6. The lowest BCUT2D eigenvalue weighted by molar-refractivity contribution is -0.136. The van der Waals surface area contributed by atoms with Crippen LogP contribution in [0.3, 0.4) is 0 Å². The number of unbranched alkanes of at least 4 members (excludes halogenated alkanes) is 7. The third-order valence-electron chi connectivity index (χ3n) is 7.27. The smallest absolute Gasteiger partial charge is 0.255 e. The van der Waals surface area contributed by atoms with Crippen molar-refractivity contribution in [2.75, 3.05) is 38.6 Å². The van der Waals surface area contributed by atoms with E-state index in [9.17, 15) is 14.4 Å². The first-order valence-electron chi connectivity index (χ1n) is 13.3. The van der Waals surface area contributed by atoms with Gasteiger partial charge in [0.15, 0.2) is 0 Å². The molecular formula is C27H39N3O4S. The van der Waals surface area contributed by atoms with Crippen LogP contribution in [-0.2, 0) is 20.9 Å². The molecule has 1 N–H and O–H groups in total. The zero-order valence-electron chi connectivity index (χ0n) is 20.8. The second kappa shape index (κ2) is 13.4. The first-order valence-corrected chi connectivity index (χ1v) is 14.3. The largest absolute Gasteiger partial charge is 0.379 e. The molecule has 2 saturated heterocycles. The van der Waals surface area contributed by atoms with Gasteiger partial charge in [0.25, 0.3) is 5.91 Å². The van der Waals surface area contributed by atoms with Crippen molar-refractivity contribution in [1.82, 2.24) is 15.1 Å². The van der Waals surface area contributed by atoms with E-state index in [-0.39, 0.29) is 24.1 Å². The van der Waals surface area contributed by atoms with Crippen LogP contribution in [0.1, 0.15) is 80.1 Å². The number of carbonyl (C=O) groups is 3. The van der Waals surface area contributed by atoms with Crippen LogP contribution in [0.2, 0.25) is 0 Å². The lowest BCUT2D eigenvalue weighted by atomic mass is 10.0. The van der Waals surface area contributed by atoms with E-state index in [1.165, 1.54) is 57.9 Å². The number of nitrogens with one attached hydrogen (secondary N) is 1. The molecule has 3 amide bonds. The maximum absolute atomic E-state index is 12.9. The summed E-state index contributed by atoms with van der Waals surface area (Å²) >= 11 is 1.82. The molecule has 3 heterocycles. The Morgan fingerprint density at radius 1 is 0.943 bits per heavy atom. The molecular weight excluding hydrogens is 462 g/mol. The number of nitrogens with zero attached hydrogens (tertiary/aromatic N) is 2. The number of carbonyl (C=O) groups excluding carboxylic acids is 3. The first-order chi connectivity index (χ1) is 17.1. The minimum atomic E-state index is -0.551. The number of thioether (sulfide) groups is 1. The summed E-state index contributed by atoms with van der Waals surface area (Å²) in [5.41, 5.74) is 1.73. The fourth-order valence-corrected chi connectivity index (χ4v) is 6.29. The zero-order chi connectivity index (χ0) is 24.5. The van der Waals surface area contributed by atoms with E-state index < -0.39 is 6.04 Å². The van der Waals surface area contributed by atoms with E-state index >= 15 is 0 Å². The fraction of sp³-hybridized carbons (Fsp3) is 0.667. The first kappa shape index (κ1) is 26.2. The predicted molar refractivity (Wildman–Crippen MR) is 137 cm³/mol. The molecule has 1 atom stereocenters. The number of amides is 3. The average molecular weight is 502 g/mol. The van der Waals surface area contributed by atoms with Crippen LogP contribution in [0.4, 0.5) is 0 Å². The topological polar surface area (TPSA) is 79.0 Å². The number of imide groups is 1. The van der Waals surface area contributed by atoms with E-state index in [2.05, 4.69) is 16.3 Å². The molecule has 1 aromatic carbocycles. The Morgan fingerprint density at radius 3 is 2.40 bits per heavy atom. The van der Waals surface area contributed by atoms with Crippen LogP contribution in [0.5, 0.6) is 0 Å². The molecule has 35 heavy (non-hydrogen) atoms. The van der Waals surface area contributed by atoms with E-state index in [1.807, 2.05) is 23.9 Å². The molecule has 0 aromatic heterocycles. The Balaban J connectivity index is 1.09. The second-order valence-electron chi connectivity index (χ2n) is 9.81. The molecule has 0 aliphatic carbocycles. The van der Waals surface area contributed by atoms with Gasteiger partial charge < -0.3 is 9.64 Å². The van der Waals surface area contributed by atoms with Crippen LogP contribution in [0.15, 0.2) is 23.1 Å². The number of hydrogen-bond donors (Lipinski definition) is 1. The Bertz CT molecular complexity index is 887. The van der Waals surface area contributed by atoms with Gasteiger partial charge in [-0.15, -0.1) is 11.8 Å². The summed E-state index contributed by atoms with van der Waals surface area (Å²) in [5.74, 6) is 0.342. The molecule has 4 rings (SSSR count). The van der Waals surface area contributed by atoms with Gasteiger partial charge in [0.2, 0.25) is 11.8 Å². The lowest BCUT2D eigenvalue weighted by Gasteiger charge is -2.29. The van der Waals surface area contributed by atoms with Crippen molar-refractivity contribution in [3.63, 3.8) is 0 Å². The normalized spacial score (nSPS) is 20.9. The number of morpholine rings is 1. The Kier molecular flexibility index (Phi) is 10.0. The summed E-state index contributed by atoms with van der Waals surface area (Å²) in [5, 5.41) is 2.37. The highest BCUT2D eigenvalue weighted by Crippen LogP contribution is 2.34. The van der Waals surface area contributed by atoms with Gasteiger partial charge in [-0.25, -0.2) is 0 Å². The second-order valence-corrected chi connectivity index (χ2v) is 10.9. The summed E-state index contributed by atoms with van der Waals surface area (Å²) in [6, 6.07) is 5.33. The van der Waals surface area contributed by atoms with Crippen molar-refractivity contribution in [3.05, 3.63) is 29.3 Å². The van der Waals surface area contributed by atoms with Gasteiger partial charge in [0, 0.05) is 36.5 Å². The van der Waals surface area contributed by atoms with Crippen LogP contribution in [0, 0.1) is 0 Å². The molecule has 0 spiro atoms. The Morgan fingerprint density at radius 2 is 1.66 bits per heavy atom. The van der Waals surface area contributed by atoms with Crippen LogP contribution < -0.4 is 5.32 Å². The highest BCUT2D eigenvalue weighted by molar-refractivity contribution is 7.99. The van der Waals surface area contributed by atoms with Crippen molar-refractivity contribution in [1.29, 1.82) is 0 Å². The van der Waals surface area contributed by atoms with Crippen molar-refractivity contribution in [3.8, 4) is 0 Å². The highest BCUT2D eigenvalue weighted by Gasteiger charge is 2.39. The van der Waals surface area contributed by atoms with Gasteiger partial charge in [-0.05, 0) is 49.3 Å². The summed E-state index contributed by atoms with van der Waals surface area (Å²) in [6.45, 7) is 5.65. The van der Waals surface area contributed by atoms with E-state index in [0.29, 0.717) is 18.5 Å². The summed E-state index contributed by atoms with van der Waals surface area (Å²) in [6.07, 6.45) is 11.0. The van der Waals surface area contributed by atoms with Gasteiger partial charge in [-0.3, -0.25) is 24.6 Å². The SMILES string of the molecule is O=C1CCC(N2Cc3c(SCCCCCCCCCCN4CCOCC4)cccc3C2=O)C(=O)N1. The minimum Gasteiger partial charge on any atom is -0.379 e. The van der Waals surface area contributed by atoms with Crippen molar-refractivity contribution >= 4 is 29.5 Å². The number of ether oxygens (including phenoxy) is 1. The molecule has 0 saturated carbocycles. The lowest BCUT2D eigenvalue weighted by Crippen LogP contribution is -2.52. The molecule has 8 heteroatoms. The molecule has 1 unspecified atom stereocenters. The number of hydrogen-bond acceptors (Lipinski definition) is 6. The van der Waals surface area contributed by atoms with E-state index in [1.54, 1.807) is 4.90 Å². The van der Waals surface area contributed by atoms with E-state index in [0.717, 1.165) is 42.5 Å². The third kappa shape index (κ3) is 7.30. The average Bonchev–Trinajstić information content (AvgIpc) is 3.20. The van der Waals surface area contributed by atoms with Gasteiger partial charge in [0.1, 0.15) is 6.04 Å². The quantitative estimate of drug-likeness (QED) is 0.250. The molecule has 0 radical (unpaired) electrons. The van der Waals surface area contributed by atoms with Crippen molar-refractivity contribution in [2.24, 2.45) is 0 Å². The molecule has 192 valence electrons. The Hall–Kier alpha value is -1.90. The molecule has 2 fully saturated rings. The third-order valence-corrected chi connectivity index (χ3v) is 8.46. The highest BCUT2D eigenvalue weighted by atomic mass is 32.2. The minimum absolute atomic E-state index is 0.0955. The summed E-state index contributed by atoms with van der Waals surface area (Å²) in [7, 11) is 0. The molecule has 0 bridgehead atoms. The number of benzene rings is 1. The van der Waals surface area contributed by atoms with Crippen LogP contribution in [-0.4, -0.2) is 72.2 Å². The molecule has 1 aromatic rings. The number of fused-ring (bicyclic) bond motifs is 1. The number of rotatable bonds is 13. The van der Waals surface area contributed by atoms with E-state index in [4.69, 9.17) is 4.74 Å². The predicted octanol–water partition coefficient (Wildman–Crippen LogP) is 3.99. The monoisotopic (exact) mass is 501 g/mol. The van der Waals surface area contributed by atoms with Gasteiger partial charge in [-0.2, -0.15) is 0 Å². The molecule has 7 nitrogen and oxygen atoms in total. The number of piperidine rings is 1. The molecule has 3 aliphatic heterocycles. The van der Waals surface area contributed by atoms with Crippen LogP contribution >= 0.6 is 11.8 Å². The van der Waals surface area contributed by atoms with Crippen molar-refractivity contribution < 1.29 is 19.1 Å². The Labute approximate surface area is 213 Å². The fourth-order valence-electron chi connectivity index (χ4n) is 5.20. The van der Waals surface area contributed by atoms with Gasteiger partial charge >= 0.3 is 0 Å². The maximum atomic E-state index is 12.9. The van der Waals surface area contributed by atoms with Gasteiger partial charge in [0.05, 0.1) is 13.2 Å². The van der Waals surface area contributed by atoms with Crippen LogP contribution in [0.25, 0.3) is 0 Å². The standard InChI is InChI=1S/C27H39N3O4S/c31-25-13-12-23(26(32)28-25)30-20-22-21(27(30)33)10-9-11-24(22)35-19-8-6-4-2-1-3-5-7-14-29-15-17-34-18-16-29/h9-11,23H,1-8,12-20H2,(H,28,31,32). The molecule has 3 aliphatic rings. The summed E-state index contributed by atoms with van der Waals surface area (Å²) in [4.78, 5) is 42.0. The van der Waals surface area contributed by atoms with Crippen molar-refractivity contribution in [2.45, 2.75) is 81.7 Å². The summed E-state index contributed by atoms with van der Waals surface area (Å²) < 4.78 is 5.40. The maximum Gasteiger partial charge on any atom is 0.255 e. The van der Waals surface area contributed by atoms with Gasteiger partial charge in [-0.1, -0.05) is 44.6 Å².